The molecular formula is C106H168BrCl4IN6. The summed E-state index contributed by atoms with van der Waals surface area (Å²) in [5.74, 6) is 0. The molecule has 6 nitrogen and oxygen atoms in total. The van der Waals surface area contributed by atoms with E-state index in [9.17, 15) is 0 Å². The second-order valence-electron chi connectivity index (χ2n) is 33.9. The summed E-state index contributed by atoms with van der Waals surface area (Å²) in [7, 11) is 16.3. The Hall–Kier alpha value is -4.92. The third-order valence-electron chi connectivity index (χ3n) is 22.7. The van der Waals surface area contributed by atoms with Gasteiger partial charge < -0.3 is 113 Å². The van der Waals surface area contributed by atoms with Crippen molar-refractivity contribution in [1.82, 2.24) is 0 Å². The molecule has 0 bridgehead atoms. The molecule has 0 fully saturated rings. The number of unbranched alkanes of at least 4 members (excludes halogenated alkanes) is 22. The zero-order chi connectivity index (χ0) is 82.6. The molecule has 7 rings (SSSR count). The Balaban J connectivity index is -0.000000438. The van der Waals surface area contributed by atoms with Crippen LogP contribution in [0.3, 0.4) is 0 Å². The summed E-state index contributed by atoms with van der Waals surface area (Å²) < 4.78 is 7.53. The highest BCUT2D eigenvalue weighted by atomic mass is 127. The number of halogens is 6. The SMILES string of the molecule is C=Cc1cc[n+](CC)cc1.C=Cc1ccc(C[N+](C)(C)CCCCCCCCCCCC)cc1.C=Cc1ccc(C[N+](C)(C)CCCCCCCCCCCCCCCC)cc1.C=Cc1ccc(C[N+](C)(C)Cc2ccccc2)cc1.C=Cc1ccc(C[N+](C)(CC)CC)cc1.C=Cc1ccc(C[N+](CC)(CC)CC)cc1.[Br-].[Cl-].[Cl-].[Cl-].[Cl-].[I-]. The van der Waals surface area contributed by atoms with Crippen molar-refractivity contribution in [3.63, 3.8) is 0 Å². The Labute approximate surface area is 780 Å². The fourth-order valence-electron chi connectivity index (χ4n) is 14.4. The molecule has 6 aromatic carbocycles. The van der Waals surface area contributed by atoms with E-state index < -0.39 is 0 Å². The molecule has 12 heteroatoms. The number of aryl methyl sites for hydroxylation is 1. The molecule has 0 unspecified atom stereocenters. The minimum absolute atomic E-state index is 0. The molecule has 1 aromatic heterocycles. The van der Waals surface area contributed by atoms with Gasteiger partial charge in [-0.1, -0.05) is 370 Å². The molecule has 0 radical (unpaired) electrons. The van der Waals surface area contributed by atoms with Crippen LogP contribution in [0.15, 0.2) is 216 Å². The maximum atomic E-state index is 3.83. The standard InChI is InChI=1S/C27H48N.C23H40N.C18H22N.C15H24N.C14H22N.C9H12N.BrH.4ClH.HI/c1-5-7-8-9-10-11-12-13-14-15-16-17-18-19-24-28(3,4)25-27-22-20-26(6-2)21-23-27;1-5-7-8-9-10-11-12-13-14-15-20-24(3,4)21-23-18-16-22(6-2)17-19-23;1-4-16-10-12-18(13-11-16)15-19(2,3)14-17-8-6-5-7-9-17;1-5-14-9-11-15(12-10-14)13-16(6-2,7-3)8-4;1-5-13-8-10-14(11-9-13)12-15(4,6-2)7-3;1-3-9-5-7-10(4-2)8-6-9;;;;;;/h6,20-23H,2,5,7-19,24-25H2,1,3-4H3;6,16-19H,2,5,7-15,20-21H2,1,3-4H3;4-13H,1,14-15H2,2-3H3;5,9-12H,1,6-8,13H2,2-4H3;5,8-11H,1,6-7,12H2,2-4H3;3,5-8H,1,4H2,2H3;6*1H/q6*+1;;;;;;/p-6. The number of pyridine rings is 1. The van der Waals surface area contributed by atoms with Crippen molar-refractivity contribution in [3.8, 4) is 0 Å². The van der Waals surface area contributed by atoms with Crippen molar-refractivity contribution < 1.29 is 118 Å². The summed E-state index contributed by atoms with van der Waals surface area (Å²) >= 11 is 0. The molecule has 0 saturated heterocycles. The van der Waals surface area contributed by atoms with Crippen LogP contribution in [0.1, 0.15) is 276 Å². The first-order chi connectivity index (χ1) is 53.9. The molecule has 0 atom stereocenters. The van der Waals surface area contributed by atoms with E-state index in [0.29, 0.717) is 0 Å². The molecule has 7 aromatic rings. The third-order valence-corrected chi connectivity index (χ3v) is 22.7. The lowest BCUT2D eigenvalue weighted by Gasteiger charge is -2.35. The second kappa shape index (κ2) is 73.6. The highest BCUT2D eigenvalue weighted by Crippen LogP contribution is 2.22. The summed E-state index contributed by atoms with van der Waals surface area (Å²) in [5, 5.41) is 0. The number of nitrogens with zero attached hydrogens (tertiary/aromatic N) is 6. The Bertz CT molecular complexity index is 3510. The first-order valence-electron chi connectivity index (χ1n) is 44.3. The predicted octanol–water partition coefficient (Wildman–Crippen LogP) is 10.0. The van der Waals surface area contributed by atoms with Gasteiger partial charge in [0.1, 0.15) is 45.8 Å². The van der Waals surface area contributed by atoms with Crippen molar-refractivity contribution in [3.05, 3.63) is 282 Å². The number of quaternary nitrogens is 5. The topological polar surface area (TPSA) is 3.88 Å². The van der Waals surface area contributed by atoms with Crippen molar-refractivity contribution >= 4 is 36.5 Å². The number of rotatable bonds is 50. The minimum atomic E-state index is 0. The van der Waals surface area contributed by atoms with Gasteiger partial charge in [-0.3, -0.25) is 0 Å². The molecule has 0 amide bonds. The van der Waals surface area contributed by atoms with Gasteiger partial charge in [0.2, 0.25) is 0 Å². The van der Waals surface area contributed by atoms with Crippen molar-refractivity contribution in [2.45, 2.75) is 255 Å². The van der Waals surface area contributed by atoms with Gasteiger partial charge in [0, 0.05) is 45.5 Å². The maximum Gasteiger partial charge on any atom is 0.169 e. The van der Waals surface area contributed by atoms with Crippen LogP contribution in [0.2, 0.25) is 0 Å². The lowest BCUT2D eigenvalue weighted by Crippen LogP contribution is -3.00. The summed E-state index contributed by atoms with van der Waals surface area (Å²) in [6.07, 6.45) is 49.7. The van der Waals surface area contributed by atoms with Gasteiger partial charge in [-0.25, -0.2) is 4.57 Å². The smallest absolute Gasteiger partial charge is 0.169 e. The molecule has 1 heterocycles. The molecular weight excluding hydrogens is 1710 g/mol. The van der Waals surface area contributed by atoms with Crippen molar-refractivity contribution in [1.29, 1.82) is 0 Å². The lowest BCUT2D eigenvalue weighted by molar-refractivity contribution is -0.936. The van der Waals surface area contributed by atoms with Crippen molar-refractivity contribution in [2.75, 3.05) is 95.1 Å². The Morgan fingerprint density at radius 1 is 0.254 bits per heavy atom. The van der Waals surface area contributed by atoms with E-state index in [2.05, 4.69) is 325 Å². The predicted molar refractivity (Wildman–Crippen MR) is 501 cm³/mol. The normalized spacial score (nSPS) is 10.7. The fourth-order valence-corrected chi connectivity index (χ4v) is 14.4. The Kier molecular flexibility index (Phi) is 75.8. The quantitative estimate of drug-likeness (QED) is 0.0155. The number of benzene rings is 6. The van der Waals surface area contributed by atoms with Crippen LogP contribution in [0.25, 0.3) is 36.5 Å². The van der Waals surface area contributed by atoms with E-state index >= 15 is 0 Å². The Morgan fingerprint density at radius 3 is 0.712 bits per heavy atom. The van der Waals surface area contributed by atoms with Crippen LogP contribution >= 0.6 is 0 Å². The van der Waals surface area contributed by atoms with Crippen LogP contribution in [0.4, 0.5) is 0 Å². The summed E-state index contributed by atoms with van der Waals surface area (Å²) in [4.78, 5) is 0. The fraction of sp³-hybridized carbons (Fsp3) is 0.500. The van der Waals surface area contributed by atoms with Crippen LogP contribution < -0.4 is 95.2 Å². The number of hydrogen-bond donors (Lipinski definition) is 0. The molecule has 0 spiro atoms. The molecule has 0 saturated carbocycles. The maximum absolute atomic E-state index is 3.83. The van der Waals surface area contributed by atoms with Crippen LogP contribution in [-0.2, 0) is 45.8 Å². The number of aromatic nitrogens is 1. The average molecular weight is 1880 g/mol. The zero-order valence-corrected chi connectivity index (χ0v) is 84.0. The summed E-state index contributed by atoms with van der Waals surface area (Å²) in [5.41, 5.74) is 15.6. The van der Waals surface area contributed by atoms with Gasteiger partial charge >= 0.3 is 0 Å². The van der Waals surface area contributed by atoms with E-state index in [1.807, 2.05) is 36.5 Å². The van der Waals surface area contributed by atoms with Gasteiger partial charge in [-0.05, 0) is 101 Å². The van der Waals surface area contributed by atoms with Crippen LogP contribution in [0, 0.1) is 0 Å². The van der Waals surface area contributed by atoms with Crippen molar-refractivity contribution in [2.24, 2.45) is 0 Å². The number of hydrogen-bond acceptors (Lipinski definition) is 0. The summed E-state index contributed by atoms with van der Waals surface area (Å²) in [6, 6.07) is 58.6. The van der Waals surface area contributed by atoms with E-state index in [1.165, 1.54) is 271 Å². The third kappa shape index (κ3) is 58.2. The van der Waals surface area contributed by atoms with Gasteiger partial charge in [0.25, 0.3) is 0 Å². The summed E-state index contributed by atoms with van der Waals surface area (Å²) in [6.45, 7) is 56.8. The van der Waals surface area contributed by atoms with E-state index in [1.54, 1.807) is 0 Å². The minimum Gasteiger partial charge on any atom is -1.00 e. The first kappa shape index (κ1) is 122. The van der Waals surface area contributed by atoms with E-state index in [-0.39, 0.29) is 90.6 Å². The average Bonchev–Trinajstić information content (AvgIpc) is 0.866. The van der Waals surface area contributed by atoms with Gasteiger partial charge in [0.15, 0.2) is 12.4 Å². The first-order valence-corrected chi connectivity index (χ1v) is 44.3. The monoisotopic (exact) mass is 1870 g/mol. The van der Waals surface area contributed by atoms with E-state index in [4.69, 9.17) is 0 Å². The highest BCUT2D eigenvalue weighted by Gasteiger charge is 2.22. The molecule has 0 aliphatic carbocycles. The molecule has 0 N–H and O–H groups in total. The largest absolute Gasteiger partial charge is 1.00 e. The van der Waals surface area contributed by atoms with Crippen LogP contribution in [-0.4, -0.2) is 118 Å². The van der Waals surface area contributed by atoms with Crippen LogP contribution in [0.5, 0.6) is 0 Å². The molecule has 0 aliphatic heterocycles. The van der Waals surface area contributed by atoms with Gasteiger partial charge in [0.05, 0.1) is 95.1 Å². The lowest BCUT2D eigenvalue weighted by atomic mass is 10.0. The van der Waals surface area contributed by atoms with Gasteiger partial charge in [-0.2, -0.15) is 0 Å². The molecule has 118 heavy (non-hydrogen) atoms. The van der Waals surface area contributed by atoms with Gasteiger partial charge in [-0.15, -0.1) is 0 Å². The Morgan fingerprint density at radius 2 is 0.475 bits per heavy atom. The second-order valence-corrected chi connectivity index (χ2v) is 33.9. The molecule has 0 aliphatic rings. The highest BCUT2D eigenvalue weighted by molar-refractivity contribution is 5.50. The zero-order valence-electron chi connectivity index (χ0n) is 77.3. The van der Waals surface area contributed by atoms with E-state index in [0.717, 1.165) is 63.7 Å². The molecule has 664 valence electrons.